The van der Waals surface area contributed by atoms with Crippen LogP contribution in [0.1, 0.15) is 30.9 Å². The van der Waals surface area contributed by atoms with E-state index in [4.69, 9.17) is 0 Å². The largest absolute Gasteiger partial charge is 0.352 e. The molecular formula is C24H28N4O. The molecule has 2 atom stereocenters. The van der Waals surface area contributed by atoms with Crippen molar-refractivity contribution in [3.8, 4) is 11.1 Å². The molecule has 1 saturated heterocycles. The van der Waals surface area contributed by atoms with Gasteiger partial charge in [0.05, 0.1) is 6.33 Å². The molecule has 4 rings (SSSR count). The van der Waals surface area contributed by atoms with E-state index < -0.39 is 0 Å². The van der Waals surface area contributed by atoms with Crippen LogP contribution in [0.15, 0.2) is 67.3 Å². The molecule has 1 aliphatic heterocycles. The third-order valence-electron chi connectivity index (χ3n) is 5.65. The molecule has 2 aromatic carbocycles. The van der Waals surface area contributed by atoms with Crippen LogP contribution in [0.4, 0.5) is 0 Å². The van der Waals surface area contributed by atoms with E-state index >= 15 is 0 Å². The molecule has 0 aliphatic carbocycles. The minimum absolute atomic E-state index is 0.112. The first-order valence-electron chi connectivity index (χ1n) is 10.3. The third kappa shape index (κ3) is 4.93. The topological polar surface area (TPSA) is 59.0 Å². The van der Waals surface area contributed by atoms with Gasteiger partial charge in [0.25, 0.3) is 0 Å². The highest BCUT2D eigenvalue weighted by Gasteiger charge is 2.24. The number of imidazole rings is 1. The molecular weight excluding hydrogens is 360 g/mol. The SMILES string of the molecule is C[C@H]1C[C@@H](C(=O)NCc2ccccc2-c2ccc(Cn3ccnc3)cc2)CCN1. The summed E-state index contributed by atoms with van der Waals surface area (Å²) in [6, 6.07) is 17.3. The maximum absolute atomic E-state index is 12.6. The van der Waals surface area contributed by atoms with Gasteiger partial charge in [-0.15, -0.1) is 0 Å². The summed E-state index contributed by atoms with van der Waals surface area (Å²) in [5.41, 5.74) is 4.71. The number of aromatic nitrogens is 2. The van der Waals surface area contributed by atoms with Gasteiger partial charge in [-0.05, 0) is 48.6 Å². The van der Waals surface area contributed by atoms with Crippen molar-refractivity contribution >= 4 is 5.91 Å². The van der Waals surface area contributed by atoms with E-state index in [1.165, 1.54) is 16.7 Å². The molecule has 3 aromatic rings. The Bertz CT molecular complexity index is 934. The van der Waals surface area contributed by atoms with E-state index in [1.807, 2.05) is 18.6 Å². The zero-order valence-corrected chi connectivity index (χ0v) is 16.8. The van der Waals surface area contributed by atoms with Crippen LogP contribution >= 0.6 is 0 Å². The summed E-state index contributed by atoms with van der Waals surface area (Å²) in [5.74, 6) is 0.282. The van der Waals surface area contributed by atoms with Gasteiger partial charge >= 0.3 is 0 Å². The highest BCUT2D eigenvalue weighted by atomic mass is 16.1. The Morgan fingerprint density at radius 3 is 2.79 bits per heavy atom. The van der Waals surface area contributed by atoms with Crippen LogP contribution in [0.25, 0.3) is 11.1 Å². The van der Waals surface area contributed by atoms with Crippen molar-refractivity contribution in [2.45, 2.75) is 38.9 Å². The van der Waals surface area contributed by atoms with Crippen molar-refractivity contribution in [2.24, 2.45) is 5.92 Å². The number of carbonyl (C=O) groups excluding carboxylic acids is 1. The van der Waals surface area contributed by atoms with Crippen LogP contribution < -0.4 is 10.6 Å². The summed E-state index contributed by atoms with van der Waals surface area (Å²) in [4.78, 5) is 16.7. The van der Waals surface area contributed by atoms with Crippen LogP contribution in [0.3, 0.4) is 0 Å². The number of hydrogen-bond acceptors (Lipinski definition) is 3. The van der Waals surface area contributed by atoms with Crippen LogP contribution in [-0.4, -0.2) is 28.0 Å². The Morgan fingerprint density at radius 1 is 1.21 bits per heavy atom. The summed E-state index contributed by atoms with van der Waals surface area (Å²) >= 11 is 0. The minimum Gasteiger partial charge on any atom is -0.352 e. The van der Waals surface area contributed by atoms with Gasteiger partial charge < -0.3 is 15.2 Å². The normalized spacial score (nSPS) is 19.1. The summed E-state index contributed by atoms with van der Waals surface area (Å²) < 4.78 is 2.06. The number of benzene rings is 2. The van der Waals surface area contributed by atoms with Crippen LogP contribution in [0.5, 0.6) is 0 Å². The summed E-state index contributed by atoms with van der Waals surface area (Å²) in [6.45, 7) is 4.43. The lowest BCUT2D eigenvalue weighted by Crippen LogP contribution is -2.42. The first kappa shape index (κ1) is 19.4. The van der Waals surface area contributed by atoms with E-state index in [1.54, 1.807) is 6.20 Å². The molecule has 1 fully saturated rings. The zero-order chi connectivity index (χ0) is 20.1. The first-order chi connectivity index (χ1) is 14.2. The Labute approximate surface area is 172 Å². The number of nitrogens with zero attached hydrogens (tertiary/aromatic N) is 2. The Hall–Kier alpha value is -2.92. The fourth-order valence-electron chi connectivity index (χ4n) is 4.03. The number of hydrogen-bond donors (Lipinski definition) is 2. The maximum Gasteiger partial charge on any atom is 0.223 e. The van der Waals surface area contributed by atoms with E-state index in [2.05, 4.69) is 69.6 Å². The molecule has 2 heterocycles. The van der Waals surface area contributed by atoms with Crippen LogP contribution in [0, 0.1) is 5.92 Å². The second-order valence-electron chi connectivity index (χ2n) is 7.88. The lowest BCUT2D eigenvalue weighted by Gasteiger charge is -2.27. The summed E-state index contributed by atoms with van der Waals surface area (Å²) in [7, 11) is 0. The average Bonchev–Trinajstić information content (AvgIpc) is 3.26. The molecule has 1 aliphatic rings. The van der Waals surface area contributed by atoms with Crippen molar-refractivity contribution in [1.29, 1.82) is 0 Å². The molecule has 0 spiro atoms. The standard InChI is InChI=1S/C24H28N4O/c1-18-14-21(10-11-26-18)24(29)27-15-22-4-2-3-5-23(22)20-8-6-19(7-9-20)16-28-13-12-25-17-28/h2-9,12-13,17-18,21,26H,10-11,14-16H2,1H3,(H,27,29)/t18-,21-/m0/s1. The predicted octanol–water partition coefficient (Wildman–Crippen LogP) is 3.60. The van der Waals surface area contributed by atoms with Crippen molar-refractivity contribution < 1.29 is 4.79 Å². The molecule has 1 aromatic heterocycles. The first-order valence-corrected chi connectivity index (χ1v) is 10.3. The number of amides is 1. The molecule has 1 amide bonds. The van der Waals surface area contributed by atoms with Gasteiger partial charge in [0, 0.05) is 37.4 Å². The molecule has 5 nitrogen and oxygen atoms in total. The smallest absolute Gasteiger partial charge is 0.223 e. The fraction of sp³-hybridized carbons (Fsp3) is 0.333. The van der Waals surface area contributed by atoms with Gasteiger partial charge in [-0.3, -0.25) is 4.79 Å². The zero-order valence-electron chi connectivity index (χ0n) is 16.8. The fourth-order valence-corrected chi connectivity index (χ4v) is 4.03. The molecule has 0 bridgehead atoms. The van der Waals surface area contributed by atoms with Gasteiger partial charge in [0.1, 0.15) is 0 Å². The van der Waals surface area contributed by atoms with Gasteiger partial charge in [0.2, 0.25) is 5.91 Å². The number of carbonyl (C=O) groups is 1. The molecule has 29 heavy (non-hydrogen) atoms. The van der Waals surface area contributed by atoms with Crippen molar-refractivity contribution in [2.75, 3.05) is 6.54 Å². The van der Waals surface area contributed by atoms with Crippen LogP contribution in [-0.2, 0) is 17.9 Å². The molecule has 2 N–H and O–H groups in total. The second-order valence-corrected chi connectivity index (χ2v) is 7.88. The third-order valence-corrected chi connectivity index (χ3v) is 5.65. The second kappa shape index (κ2) is 9.05. The molecule has 5 heteroatoms. The van der Waals surface area contributed by atoms with Gasteiger partial charge in [-0.2, -0.15) is 0 Å². The van der Waals surface area contributed by atoms with Crippen molar-refractivity contribution in [3.05, 3.63) is 78.4 Å². The number of rotatable bonds is 6. The van der Waals surface area contributed by atoms with E-state index in [0.29, 0.717) is 12.6 Å². The predicted molar refractivity (Wildman–Crippen MR) is 115 cm³/mol. The summed E-state index contributed by atoms with van der Waals surface area (Å²) in [5, 5.41) is 6.57. The molecule has 0 radical (unpaired) electrons. The van der Waals surface area contributed by atoms with Gasteiger partial charge in [0.15, 0.2) is 0 Å². The van der Waals surface area contributed by atoms with E-state index in [9.17, 15) is 4.79 Å². The Kier molecular flexibility index (Phi) is 6.06. The van der Waals surface area contributed by atoms with E-state index in [-0.39, 0.29) is 11.8 Å². The Morgan fingerprint density at radius 2 is 2.03 bits per heavy atom. The lowest BCUT2D eigenvalue weighted by molar-refractivity contribution is -0.126. The minimum atomic E-state index is 0.112. The summed E-state index contributed by atoms with van der Waals surface area (Å²) in [6.07, 6.45) is 7.41. The number of piperidine rings is 1. The number of nitrogens with one attached hydrogen (secondary N) is 2. The lowest BCUT2D eigenvalue weighted by atomic mass is 9.92. The highest BCUT2D eigenvalue weighted by molar-refractivity contribution is 5.79. The Balaban J connectivity index is 1.43. The monoisotopic (exact) mass is 388 g/mol. The maximum atomic E-state index is 12.6. The van der Waals surface area contributed by atoms with E-state index in [0.717, 1.165) is 31.5 Å². The molecule has 0 saturated carbocycles. The average molecular weight is 389 g/mol. The van der Waals surface area contributed by atoms with Crippen molar-refractivity contribution in [1.82, 2.24) is 20.2 Å². The van der Waals surface area contributed by atoms with Crippen LogP contribution in [0.2, 0.25) is 0 Å². The molecule has 150 valence electrons. The molecule has 0 unspecified atom stereocenters. The van der Waals surface area contributed by atoms with Gasteiger partial charge in [-0.1, -0.05) is 48.5 Å². The quantitative estimate of drug-likeness (QED) is 0.678. The van der Waals surface area contributed by atoms with Crippen molar-refractivity contribution in [3.63, 3.8) is 0 Å². The highest BCUT2D eigenvalue weighted by Crippen LogP contribution is 2.25. The van der Waals surface area contributed by atoms with Gasteiger partial charge in [-0.25, -0.2) is 4.98 Å².